The number of ether oxygens (including phenoxy) is 3. The maximum Gasteiger partial charge on any atom is 0.224 e. The van der Waals surface area contributed by atoms with E-state index in [1.165, 1.54) is 26.4 Å². The van der Waals surface area contributed by atoms with Gasteiger partial charge in [0.15, 0.2) is 11.5 Å². The lowest BCUT2D eigenvalue weighted by Crippen LogP contribution is -2.22. The topological polar surface area (TPSA) is 90.2 Å². The molecule has 0 spiro atoms. The summed E-state index contributed by atoms with van der Waals surface area (Å²) in [4.78, 5) is 12.7. The summed E-state index contributed by atoms with van der Waals surface area (Å²) in [6, 6.07) is 11.7. The van der Waals surface area contributed by atoms with E-state index >= 15 is 0 Å². The molecule has 1 aliphatic rings. The predicted octanol–water partition coefficient (Wildman–Crippen LogP) is 4.84. The molecule has 0 saturated carbocycles. The van der Waals surface area contributed by atoms with E-state index in [-0.39, 0.29) is 37.9 Å². The van der Waals surface area contributed by atoms with Gasteiger partial charge in [-0.15, -0.1) is 0 Å². The van der Waals surface area contributed by atoms with Gasteiger partial charge >= 0.3 is 0 Å². The number of aliphatic hydroxyl groups excluding tert-OH is 1. The van der Waals surface area contributed by atoms with Gasteiger partial charge in [0.25, 0.3) is 0 Å². The summed E-state index contributed by atoms with van der Waals surface area (Å²) >= 11 is 0. The van der Waals surface area contributed by atoms with Crippen molar-refractivity contribution in [1.82, 2.24) is 5.32 Å². The van der Waals surface area contributed by atoms with Crippen molar-refractivity contribution in [3.63, 3.8) is 0 Å². The largest absolute Gasteiger partial charge is 0.493 e. The SMILES string of the molecule is COc1cc(C=C2C(C)=C(CC(=O)NCc3ccco3)c3cc(F)ccc32)cc(OC)c1OCCO. The normalized spacial score (nSPS) is 13.6. The summed E-state index contributed by atoms with van der Waals surface area (Å²) in [6.45, 7) is 2.15. The highest BCUT2D eigenvalue weighted by Gasteiger charge is 2.26. The monoisotopic (exact) mass is 493 g/mol. The van der Waals surface area contributed by atoms with Gasteiger partial charge in [-0.2, -0.15) is 0 Å². The van der Waals surface area contributed by atoms with Gasteiger partial charge in [0.1, 0.15) is 18.2 Å². The molecular weight excluding hydrogens is 465 g/mol. The fraction of sp³-hybridized carbons (Fsp3) is 0.250. The minimum atomic E-state index is -0.370. The van der Waals surface area contributed by atoms with Gasteiger partial charge in [-0.05, 0) is 82.8 Å². The molecule has 8 heteroatoms. The minimum Gasteiger partial charge on any atom is -0.493 e. The quantitative estimate of drug-likeness (QED) is 0.420. The number of hydrogen-bond donors (Lipinski definition) is 2. The molecule has 3 aromatic rings. The Morgan fingerprint density at radius 1 is 1.11 bits per heavy atom. The first kappa shape index (κ1) is 25.1. The average Bonchev–Trinajstić information content (AvgIpc) is 3.49. The first-order valence-corrected chi connectivity index (χ1v) is 11.5. The lowest BCUT2D eigenvalue weighted by atomic mass is 10.00. The lowest BCUT2D eigenvalue weighted by molar-refractivity contribution is -0.120. The number of hydrogen-bond acceptors (Lipinski definition) is 6. The molecule has 188 valence electrons. The number of allylic oxidation sites excluding steroid dienone is 2. The molecule has 2 aromatic carbocycles. The zero-order valence-corrected chi connectivity index (χ0v) is 20.4. The average molecular weight is 494 g/mol. The smallest absolute Gasteiger partial charge is 0.224 e. The number of aliphatic hydroxyl groups is 1. The molecule has 0 radical (unpaired) electrons. The molecule has 0 bridgehead atoms. The van der Waals surface area contributed by atoms with Crippen molar-refractivity contribution in [3.05, 3.63) is 82.6 Å². The van der Waals surface area contributed by atoms with Crippen LogP contribution in [0.5, 0.6) is 17.2 Å². The van der Waals surface area contributed by atoms with E-state index in [0.29, 0.717) is 28.6 Å². The van der Waals surface area contributed by atoms with Gasteiger partial charge < -0.3 is 29.1 Å². The Morgan fingerprint density at radius 2 is 1.86 bits per heavy atom. The molecule has 36 heavy (non-hydrogen) atoms. The number of carbonyl (C=O) groups is 1. The number of rotatable bonds is 10. The number of benzene rings is 2. The van der Waals surface area contributed by atoms with Crippen molar-refractivity contribution in [2.75, 3.05) is 27.4 Å². The third kappa shape index (κ3) is 5.28. The maximum absolute atomic E-state index is 14.2. The molecular formula is C28H28FNO6. The lowest BCUT2D eigenvalue weighted by Gasteiger charge is -2.15. The van der Waals surface area contributed by atoms with E-state index in [1.807, 2.05) is 13.0 Å². The molecule has 7 nitrogen and oxygen atoms in total. The predicted molar refractivity (Wildman–Crippen MR) is 134 cm³/mol. The third-order valence-corrected chi connectivity index (χ3v) is 5.96. The first-order chi connectivity index (χ1) is 17.4. The summed E-state index contributed by atoms with van der Waals surface area (Å²) < 4.78 is 36.1. The third-order valence-electron chi connectivity index (χ3n) is 5.96. The van der Waals surface area contributed by atoms with Gasteiger partial charge in [-0.1, -0.05) is 6.07 Å². The number of nitrogens with one attached hydrogen (secondary N) is 1. The minimum absolute atomic E-state index is 0.0965. The summed E-state index contributed by atoms with van der Waals surface area (Å²) in [5.74, 6) is 1.39. The van der Waals surface area contributed by atoms with Gasteiger partial charge in [-0.3, -0.25) is 4.79 Å². The standard InChI is InChI=1S/C28H28FNO6/c1-17-22(11-18-12-25(33-2)28(36-10-8-31)26(13-18)34-3)21-7-6-19(29)14-24(21)23(17)15-27(32)30-16-20-5-4-9-35-20/h4-7,9,11-14,31H,8,10,15-16H2,1-3H3,(H,30,32). The van der Waals surface area contributed by atoms with E-state index in [0.717, 1.165) is 27.8 Å². The van der Waals surface area contributed by atoms with Crippen LogP contribution in [0.3, 0.4) is 0 Å². The number of methoxy groups -OCH3 is 2. The zero-order valence-electron chi connectivity index (χ0n) is 20.4. The van der Waals surface area contributed by atoms with Crippen LogP contribution in [0.15, 0.2) is 58.7 Å². The Hall–Kier alpha value is -4.04. The van der Waals surface area contributed by atoms with Crippen molar-refractivity contribution in [2.45, 2.75) is 19.9 Å². The number of carbonyl (C=O) groups excluding carboxylic acids is 1. The first-order valence-electron chi connectivity index (χ1n) is 11.5. The second-order valence-electron chi connectivity index (χ2n) is 8.21. The Morgan fingerprint density at radius 3 is 2.50 bits per heavy atom. The highest BCUT2D eigenvalue weighted by atomic mass is 19.1. The molecule has 0 atom stereocenters. The summed E-state index contributed by atoms with van der Waals surface area (Å²) in [5.41, 5.74) is 4.80. The molecule has 0 saturated heterocycles. The Balaban J connectivity index is 1.69. The zero-order chi connectivity index (χ0) is 25.7. The van der Waals surface area contributed by atoms with Crippen LogP contribution in [0.25, 0.3) is 17.2 Å². The summed E-state index contributed by atoms with van der Waals surface area (Å²) in [6.07, 6.45) is 3.60. The maximum atomic E-state index is 14.2. The van der Waals surface area contributed by atoms with Crippen LogP contribution in [0.2, 0.25) is 0 Å². The van der Waals surface area contributed by atoms with E-state index < -0.39 is 0 Å². The number of amides is 1. The Kier molecular flexibility index (Phi) is 7.75. The molecule has 0 aliphatic heterocycles. The second kappa shape index (κ2) is 11.1. The van der Waals surface area contributed by atoms with Crippen LogP contribution in [-0.2, 0) is 11.3 Å². The fourth-order valence-corrected chi connectivity index (χ4v) is 4.24. The summed E-state index contributed by atoms with van der Waals surface area (Å²) in [7, 11) is 3.05. The number of halogens is 1. The van der Waals surface area contributed by atoms with E-state index in [2.05, 4.69) is 5.32 Å². The Labute approximate surface area is 208 Å². The van der Waals surface area contributed by atoms with Crippen molar-refractivity contribution < 1.29 is 32.9 Å². The van der Waals surface area contributed by atoms with E-state index in [4.69, 9.17) is 23.7 Å². The van der Waals surface area contributed by atoms with Crippen LogP contribution in [0.1, 0.15) is 35.8 Å². The molecule has 1 amide bonds. The molecule has 0 unspecified atom stereocenters. The van der Waals surface area contributed by atoms with Gasteiger partial charge in [0.2, 0.25) is 11.7 Å². The van der Waals surface area contributed by atoms with Crippen molar-refractivity contribution >= 4 is 23.1 Å². The Bertz CT molecular complexity index is 1280. The molecule has 0 fully saturated rings. The fourth-order valence-electron chi connectivity index (χ4n) is 4.24. The molecule has 2 N–H and O–H groups in total. The van der Waals surface area contributed by atoms with Crippen molar-refractivity contribution in [2.24, 2.45) is 0 Å². The van der Waals surface area contributed by atoms with E-state index in [9.17, 15) is 9.18 Å². The molecule has 1 aromatic heterocycles. The second-order valence-corrected chi connectivity index (χ2v) is 8.21. The molecule has 1 heterocycles. The van der Waals surface area contributed by atoms with Gasteiger partial charge in [0, 0.05) is 0 Å². The van der Waals surface area contributed by atoms with E-state index in [1.54, 1.807) is 36.6 Å². The van der Waals surface area contributed by atoms with Crippen LogP contribution < -0.4 is 19.5 Å². The summed E-state index contributed by atoms with van der Waals surface area (Å²) in [5, 5.41) is 12.0. The highest BCUT2D eigenvalue weighted by molar-refractivity contribution is 6.08. The highest BCUT2D eigenvalue weighted by Crippen LogP contribution is 2.45. The van der Waals surface area contributed by atoms with Crippen molar-refractivity contribution in [1.29, 1.82) is 0 Å². The van der Waals surface area contributed by atoms with Crippen molar-refractivity contribution in [3.8, 4) is 17.2 Å². The molecule has 1 aliphatic carbocycles. The van der Waals surface area contributed by atoms with Gasteiger partial charge in [0.05, 0.1) is 40.1 Å². The number of fused-ring (bicyclic) bond motifs is 1. The van der Waals surface area contributed by atoms with Crippen LogP contribution >= 0.6 is 0 Å². The van der Waals surface area contributed by atoms with Crippen LogP contribution in [0, 0.1) is 5.82 Å². The number of furan rings is 1. The van der Waals surface area contributed by atoms with Gasteiger partial charge in [-0.25, -0.2) is 4.39 Å². The molecule has 4 rings (SSSR count). The van der Waals surface area contributed by atoms with Crippen LogP contribution in [0.4, 0.5) is 4.39 Å². The van der Waals surface area contributed by atoms with Crippen LogP contribution in [-0.4, -0.2) is 38.4 Å².